The van der Waals surface area contributed by atoms with Gasteiger partial charge in [0.1, 0.15) is 11.0 Å². The third-order valence-corrected chi connectivity index (χ3v) is 3.88. The summed E-state index contributed by atoms with van der Waals surface area (Å²) in [4.78, 5) is 11.3. The van der Waals surface area contributed by atoms with E-state index in [-0.39, 0.29) is 0 Å². The van der Waals surface area contributed by atoms with Crippen LogP contribution in [0.2, 0.25) is 5.15 Å². The van der Waals surface area contributed by atoms with Crippen LogP contribution in [0.4, 0.5) is 0 Å². The lowest BCUT2D eigenvalue weighted by Crippen LogP contribution is -2.40. The van der Waals surface area contributed by atoms with E-state index in [2.05, 4.69) is 20.2 Å². The van der Waals surface area contributed by atoms with Crippen molar-refractivity contribution in [3.05, 3.63) is 22.7 Å². The molecule has 1 aromatic heterocycles. The lowest BCUT2D eigenvalue weighted by atomic mass is 9.99. The molecule has 2 rings (SSSR count). The molecule has 5 heteroatoms. The Morgan fingerprint density at radius 2 is 2.26 bits per heavy atom. The fourth-order valence-corrected chi connectivity index (χ4v) is 3.00. The van der Waals surface area contributed by atoms with Gasteiger partial charge in [0.2, 0.25) is 0 Å². The number of rotatable bonds is 5. The Kier molecular flexibility index (Phi) is 5.55. The molecule has 1 fully saturated rings. The molecule has 1 N–H and O–H groups in total. The number of piperidine rings is 1. The summed E-state index contributed by atoms with van der Waals surface area (Å²) in [5.41, 5.74) is 0.943. The molecule has 1 aliphatic heterocycles. The van der Waals surface area contributed by atoms with Crippen LogP contribution in [0, 0.1) is 6.92 Å². The monoisotopic (exact) mass is 282 g/mol. The van der Waals surface area contributed by atoms with Gasteiger partial charge in [-0.05, 0) is 52.4 Å². The number of hydrogen-bond donors (Lipinski definition) is 1. The SMILES string of the molecule is CNCCC1CCCCN1Cc1nc(C)cc(Cl)n1. The smallest absolute Gasteiger partial charge is 0.144 e. The first-order valence-electron chi connectivity index (χ1n) is 7.08. The first kappa shape index (κ1) is 14.7. The number of aromatic nitrogens is 2. The predicted octanol–water partition coefficient (Wildman–Crippen LogP) is 2.40. The predicted molar refractivity (Wildman–Crippen MR) is 78.4 cm³/mol. The molecule has 1 atom stereocenters. The largest absolute Gasteiger partial charge is 0.320 e. The van der Waals surface area contributed by atoms with Gasteiger partial charge in [-0.3, -0.25) is 4.90 Å². The van der Waals surface area contributed by atoms with Gasteiger partial charge in [-0.25, -0.2) is 9.97 Å². The molecular formula is C14H23ClN4. The third kappa shape index (κ3) is 4.41. The molecule has 0 spiro atoms. The minimum absolute atomic E-state index is 0.547. The van der Waals surface area contributed by atoms with Crippen molar-refractivity contribution in [2.75, 3.05) is 20.1 Å². The number of nitrogens with one attached hydrogen (secondary N) is 1. The summed E-state index contributed by atoms with van der Waals surface area (Å²) >= 11 is 6.01. The number of nitrogens with zero attached hydrogens (tertiary/aromatic N) is 3. The zero-order chi connectivity index (χ0) is 13.7. The van der Waals surface area contributed by atoms with Crippen molar-refractivity contribution in [1.82, 2.24) is 20.2 Å². The minimum atomic E-state index is 0.547. The molecule has 0 radical (unpaired) electrons. The number of likely N-dealkylation sites (tertiary alicyclic amines) is 1. The molecule has 0 aliphatic carbocycles. The Hall–Kier alpha value is -0.710. The van der Waals surface area contributed by atoms with Crippen LogP contribution in [0.3, 0.4) is 0 Å². The normalized spacial score (nSPS) is 20.7. The maximum Gasteiger partial charge on any atom is 0.144 e. The van der Waals surface area contributed by atoms with Gasteiger partial charge in [-0.2, -0.15) is 0 Å². The molecule has 1 aliphatic rings. The molecular weight excluding hydrogens is 260 g/mol. The van der Waals surface area contributed by atoms with Gasteiger partial charge >= 0.3 is 0 Å². The van der Waals surface area contributed by atoms with E-state index in [1.807, 2.05) is 14.0 Å². The lowest BCUT2D eigenvalue weighted by Gasteiger charge is -2.35. The van der Waals surface area contributed by atoms with E-state index in [1.54, 1.807) is 6.07 Å². The second-order valence-corrected chi connectivity index (χ2v) is 5.65. The van der Waals surface area contributed by atoms with E-state index in [0.717, 1.165) is 31.2 Å². The van der Waals surface area contributed by atoms with E-state index in [0.29, 0.717) is 11.2 Å². The highest BCUT2D eigenvalue weighted by molar-refractivity contribution is 6.29. The summed E-state index contributed by atoms with van der Waals surface area (Å²) < 4.78 is 0. The summed E-state index contributed by atoms with van der Waals surface area (Å²) in [7, 11) is 2.01. The van der Waals surface area contributed by atoms with E-state index in [4.69, 9.17) is 11.6 Å². The standard InChI is InChI=1S/C14H23ClN4/c1-11-9-13(15)18-14(17-11)10-19-8-4-3-5-12(19)6-7-16-2/h9,12,16H,3-8,10H2,1-2H3. The average Bonchev–Trinajstić information content (AvgIpc) is 2.36. The van der Waals surface area contributed by atoms with Crippen LogP contribution < -0.4 is 5.32 Å². The van der Waals surface area contributed by atoms with Crippen LogP contribution in [0.25, 0.3) is 0 Å². The van der Waals surface area contributed by atoms with E-state index < -0.39 is 0 Å². The highest BCUT2D eigenvalue weighted by atomic mass is 35.5. The summed E-state index contributed by atoms with van der Waals surface area (Å²) in [5, 5.41) is 3.79. The molecule has 0 amide bonds. The zero-order valence-corrected chi connectivity index (χ0v) is 12.6. The van der Waals surface area contributed by atoms with Crippen LogP contribution in [-0.2, 0) is 6.54 Å². The highest BCUT2D eigenvalue weighted by Gasteiger charge is 2.22. The van der Waals surface area contributed by atoms with Crippen molar-refractivity contribution in [1.29, 1.82) is 0 Å². The minimum Gasteiger partial charge on any atom is -0.320 e. The van der Waals surface area contributed by atoms with Crippen molar-refractivity contribution in [2.24, 2.45) is 0 Å². The molecule has 0 saturated carbocycles. The lowest BCUT2D eigenvalue weighted by molar-refractivity contribution is 0.129. The molecule has 106 valence electrons. The van der Waals surface area contributed by atoms with Crippen LogP contribution in [0.15, 0.2) is 6.07 Å². The van der Waals surface area contributed by atoms with Gasteiger partial charge in [-0.1, -0.05) is 18.0 Å². The summed E-state index contributed by atoms with van der Waals surface area (Å²) in [5.74, 6) is 0.848. The quantitative estimate of drug-likeness (QED) is 0.842. The molecule has 2 heterocycles. The molecule has 1 saturated heterocycles. The highest BCUT2D eigenvalue weighted by Crippen LogP contribution is 2.21. The van der Waals surface area contributed by atoms with Gasteiger partial charge in [-0.15, -0.1) is 0 Å². The van der Waals surface area contributed by atoms with E-state index in [1.165, 1.54) is 25.7 Å². The van der Waals surface area contributed by atoms with Crippen molar-refractivity contribution >= 4 is 11.6 Å². The van der Waals surface area contributed by atoms with Gasteiger partial charge in [0.05, 0.1) is 6.54 Å². The topological polar surface area (TPSA) is 41.0 Å². The number of halogens is 1. The Morgan fingerprint density at radius 3 is 3.00 bits per heavy atom. The van der Waals surface area contributed by atoms with E-state index >= 15 is 0 Å². The van der Waals surface area contributed by atoms with Gasteiger partial charge < -0.3 is 5.32 Å². The Labute approximate surface area is 120 Å². The van der Waals surface area contributed by atoms with Crippen molar-refractivity contribution < 1.29 is 0 Å². The zero-order valence-electron chi connectivity index (χ0n) is 11.8. The average molecular weight is 283 g/mol. The van der Waals surface area contributed by atoms with Gasteiger partial charge in [0.25, 0.3) is 0 Å². The van der Waals surface area contributed by atoms with Crippen molar-refractivity contribution in [3.63, 3.8) is 0 Å². The third-order valence-electron chi connectivity index (χ3n) is 3.69. The maximum absolute atomic E-state index is 6.01. The summed E-state index contributed by atoms with van der Waals surface area (Å²) in [6.07, 6.45) is 5.08. The van der Waals surface area contributed by atoms with Crippen LogP contribution in [0.1, 0.15) is 37.2 Å². The molecule has 4 nitrogen and oxygen atoms in total. The Bertz CT molecular complexity index is 390. The van der Waals surface area contributed by atoms with Crippen molar-refractivity contribution in [2.45, 2.75) is 45.2 Å². The fourth-order valence-electron chi connectivity index (χ4n) is 2.75. The molecule has 19 heavy (non-hydrogen) atoms. The molecule has 1 unspecified atom stereocenters. The van der Waals surface area contributed by atoms with Crippen molar-refractivity contribution in [3.8, 4) is 0 Å². The Morgan fingerprint density at radius 1 is 1.42 bits per heavy atom. The molecule has 0 bridgehead atoms. The molecule has 0 aromatic carbocycles. The second kappa shape index (κ2) is 7.17. The second-order valence-electron chi connectivity index (χ2n) is 5.26. The van der Waals surface area contributed by atoms with Gasteiger partial charge in [0, 0.05) is 11.7 Å². The fraction of sp³-hybridized carbons (Fsp3) is 0.714. The summed E-state index contributed by atoms with van der Waals surface area (Å²) in [6.45, 7) is 4.99. The van der Waals surface area contributed by atoms with Crippen LogP contribution >= 0.6 is 11.6 Å². The number of aryl methyl sites for hydroxylation is 1. The van der Waals surface area contributed by atoms with Crippen LogP contribution in [0.5, 0.6) is 0 Å². The first-order chi connectivity index (χ1) is 9.19. The molecule has 1 aromatic rings. The van der Waals surface area contributed by atoms with E-state index in [9.17, 15) is 0 Å². The number of hydrogen-bond acceptors (Lipinski definition) is 4. The summed E-state index contributed by atoms with van der Waals surface area (Å²) in [6, 6.07) is 2.45. The van der Waals surface area contributed by atoms with Crippen LogP contribution in [-0.4, -0.2) is 41.0 Å². The Balaban J connectivity index is 2.01. The first-order valence-corrected chi connectivity index (χ1v) is 7.45. The maximum atomic E-state index is 6.01. The van der Waals surface area contributed by atoms with Gasteiger partial charge in [0.15, 0.2) is 0 Å².